The van der Waals surface area contributed by atoms with Crippen LogP contribution in [-0.2, 0) is 42.7 Å². The Labute approximate surface area is 267 Å². The molecule has 0 aromatic carbocycles. The van der Waals surface area contributed by atoms with Gasteiger partial charge in [0.1, 0.15) is 86.1 Å². The molecule has 3 fully saturated rings. The molecule has 19 nitrogen and oxygen atoms in total. The fourth-order valence-electron chi connectivity index (χ4n) is 5.74. The third-order valence-electron chi connectivity index (χ3n) is 8.58. The van der Waals surface area contributed by atoms with Crippen molar-refractivity contribution >= 4 is 5.97 Å². The molecule has 5 heterocycles. The van der Waals surface area contributed by atoms with Gasteiger partial charge in [-0.1, -0.05) is 6.08 Å². The molecule has 47 heavy (non-hydrogen) atoms. The smallest absolute Gasteiger partial charge is 0.341 e. The molecule has 5 aliphatic rings. The van der Waals surface area contributed by atoms with E-state index in [-0.39, 0.29) is 12.2 Å². The van der Waals surface area contributed by atoms with Crippen LogP contribution in [0.4, 0.5) is 0 Å². The van der Waals surface area contributed by atoms with Crippen molar-refractivity contribution < 1.29 is 93.8 Å². The van der Waals surface area contributed by atoms with Gasteiger partial charge in [-0.3, -0.25) is 0 Å². The van der Waals surface area contributed by atoms with Gasteiger partial charge in [-0.2, -0.15) is 0 Å². The minimum Gasteiger partial charge on any atom is -0.471 e. The van der Waals surface area contributed by atoms with E-state index in [1.54, 1.807) is 6.08 Å². The molecule has 0 aromatic heterocycles. The van der Waals surface area contributed by atoms with E-state index in [0.29, 0.717) is 5.57 Å². The maximum Gasteiger partial charge on any atom is 0.341 e. The summed E-state index contributed by atoms with van der Waals surface area (Å²) in [7, 11) is 0. The van der Waals surface area contributed by atoms with E-state index in [0.717, 1.165) is 6.26 Å². The van der Waals surface area contributed by atoms with Gasteiger partial charge in [0.25, 0.3) is 0 Å². The minimum atomic E-state index is -1.85. The lowest BCUT2D eigenvalue weighted by molar-refractivity contribution is -0.353. The van der Waals surface area contributed by atoms with Gasteiger partial charge in [0.15, 0.2) is 18.9 Å². The van der Waals surface area contributed by atoms with Crippen molar-refractivity contribution in [2.24, 2.45) is 5.92 Å². The highest BCUT2D eigenvalue weighted by molar-refractivity contribution is 5.94. The second-order valence-electron chi connectivity index (χ2n) is 11.6. The van der Waals surface area contributed by atoms with Crippen molar-refractivity contribution in [2.45, 2.75) is 98.4 Å². The predicted octanol–water partition coefficient (Wildman–Crippen LogP) is -6.02. The van der Waals surface area contributed by atoms with E-state index in [4.69, 9.17) is 37.9 Å². The van der Waals surface area contributed by atoms with Crippen molar-refractivity contribution in [3.8, 4) is 0 Å². The Hall–Kier alpha value is -2.15. The van der Waals surface area contributed by atoms with Gasteiger partial charge in [-0.05, 0) is 11.6 Å². The van der Waals surface area contributed by atoms with E-state index in [1.807, 2.05) is 0 Å². The first kappa shape index (κ1) is 36.1. The fraction of sp³-hybridized carbons (Fsp3) is 0.750. The molecular weight excluding hydrogens is 640 g/mol. The summed E-state index contributed by atoms with van der Waals surface area (Å²) in [6.07, 6.45) is -21.8. The molecule has 0 amide bonds. The first-order valence-electron chi connectivity index (χ1n) is 14.8. The molecule has 0 saturated carbocycles. The molecule has 5 aliphatic heterocycles. The van der Waals surface area contributed by atoms with E-state index in [9.17, 15) is 55.9 Å². The summed E-state index contributed by atoms with van der Waals surface area (Å²) in [6.45, 7) is 1.82. The monoisotopic (exact) mass is 680 g/mol. The topological polar surface area (TPSA) is 293 Å². The number of ether oxygens (including phenoxy) is 8. The average molecular weight is 681 g/mol. The molecule has 266 valence electrons. The molecular formula is C28H40O19. The Morgan fingerprint density at radius 3 is 1.72 bits per heavy atom. The van der Waals surface area contributed by atoms with Gasteiger partial charge in [-0.25, -0.2) is 4.79 Å². The molecule has 0 aromatic rings. The zero-order chi connectivity index (χ0) is 34.2. The van der Waals surface area contributed by atoms with Crippen LogP contribution in [0.3, 0.4) is 0 Å². The Morgan fingerprint density at radius 2 is 1.19 bits per heavy atom. The zero-order valence-corrected chi connectivity index (χ0v) is 24.7. The number of aliphatic hydroxyl groups excluding tert-OH is 10. The van der Waals surface area contributed by atoms with Crippen molar-refractivity contribution in [2.75, 3.05) is 26.4 Å². The summed E-state index contributed by atoms with van der Waals surface area (Å²) < 4.78 is 43.7. The summed E-state index contributed by atoms with van der Waals surface area (Å²) in [5.41, 5.74) is 0.663. The highest BCUT2D eigenvalue weighted by Crippen LogP contribution is 2.36. The molecule has 0 spiro atoms. The van der Waals surface area contributed by atoms with Crippen molar-refractivity contribution in [1.29, 1.82) is 0 Å². The van der Waals surface area contributed by atoms with Crippen LogP contribution in [0.1, 0.15) is 0 Å². The molecule has 3 saturated heterocycles. The lowest BCUT2D eigenvalue weighted by atomic mass is 9.89. The van der Waals surface area contributed by atoms with E-state index in [1.165, 1.54) is 6.08 Å². The van der Waals surface area contributed by atoms with Crippen LogP contribution in [0.5, 0.6) is 0 Å². The van der Waals surface area contributed by atoms with Crippen LogP contribution < -0.4 is 0 Å². The van der Waals surface area contributed by atoms with Crippen molar-refractivity contribution in [1.82, 2.24) is 0 Å². The molecule has 0 bridgehead atoms. The molecule has 10 N–H and O–H groups in total. The third-order valence-corrected chi connectivity index (χ3v) is 8.58. The van der Waals surface area contributed by atoms with Crippen LogP contribution in [0.25, 0.3) is 0 Å². The standard InChI is InChI=1S/C28H40O19/c1-2-9-10-3-4-40-24(39)11(10)6-41-25(9)47-28-23(38)20(35)17(32)14(46-28)8-43-27-22(37)19(34)16(31)13(45-27)7-42-26-21(36)18(33)15(30)12(5-29)44-26/h2-3,6,9,12-23,25-38H,1,4-5,7-8H2/t9-,12-,13-,14-,15-,16-,17-,18+,19+,20+,21-,22-,23-,25+,26-,27-,28+/m1/s1. The number of hydrogen-bond acceptors (Lipinski definition) is 19. The number of esters is 1. The summed E-state index contributed by atoms with van der Waals surface area (Å²) in [5, 5.41) is 103. The van der Waals surface area contributed by atoms with Crippen LogP contribution in [0, 0.1) is 5.92 Å². The van der Waals surface area contributed by atoms with E-state index in [2.05, 4.69) is 6.58 Å². The quantitative estimate of drug-likeness (QED) is 0.0759. The summed E-state index contributed by atoms with van der Waals surface area (Å²) in [4.78, 5) is 12.1. The summed E-state index contributed by atoms with van der Waals surface area (Å²) >= 11 is 0. The highest BCUT2D eigenvalue weighted by Gasteiger charge is 2.50. The number of carbonyl (C=O) groups is 1. The Kier molecular flexibility index (Phi) is 11.7. The van der Waals surface area contributed by atoms with Gasteiger partial charge in [0.2, 0.25) is 6.29 Å². The lowest BCUT2D eigenvalue weighted by Gasteiger charge is -2.44. The first-order chi connectivity index (χ1) is 22.4. The van der Waals surface area contributed by atoms with Gasteiger partial charge in [0.05, 0.1) is 31.3 Å². The van der Waals surface area contributed by atoms with Gasteiger partial charge in [0, 0.05) is 0 Å². The van der Waals surface area contributed by atoms with E-state index < -0.39 is 130 Å². The van der Waals surface area contributed by atoms with Crippen LogP contribution >= 0.6 is 0 Å². The molecule has 0 radical (unpaired) electrons. The maximum atomic E-state index is 12.1. The normalized spacial score (nSPS) is 47.2. The molecule has 17 atom stereocenters. The summed E-state index contributed by atoms with van der Waals surface area (Å²) in [5.74, 6) is -1.32. The maximum absolute atomic E-state index is 12.1. The number of fused-ring (bicyclic) bond motifs is 1. The highest BCUT2D eigenvalue weighted by atomic mass is 16.8. The minimum absolute atomic E-state index is 0.0109. The zero-order valence-electron chi connectivity index (χ0n) is 24.7. The van der Waals surface area contributed by atoms with E-state index >= 15 is 0 Å². The largest absolute Gasteiger partial charge is 0.471 e. The van der Waals surface area contributed by atoms with Crippen LogP contribution in [-0.4, -0.2) is 182 Å². The van der Waals surface area contributed by atoms with Crippen LogP contribution in [0.15, 0.2) is 36.1 Å². The second kappa shape index (κ2) is 15.2. The molecule has 19 heteroatoms. The number of hydrogen-bond donors (Lipinski definition) is 10. The fourth-order valence-corrected chi connectivity index (χ4v) is 5.74. The lowest BCUT2D eigenvalue weighted by Crippen LogP contribution is -2.63. The van der Waals surface area contributed by atoms with Crippen molar-refractivity contribution in [3.05, 3.63) is 36.1 Å². The number of rotatable bonds is 10. The second-order valence-corrected chi connectivity index (χ2v) is 11.6. The summed E-state index contributed by atoms with van der Waals surface area (Å²) in [6, 6.07) is 0. The van der Waals surface area contributed by atoms with Crippen molar-refractivity contribution in [3.63, 3.8) is 0 Å². The third kappa shape index (κ3) is 7.26. The number of aliphatic hydroxyl groups is 10. The van der Waals surface area contributed by atoms with Gasteiger partial charge < -0.3 is 89.0 Å². The number of cyclic esters (lactones) is 1. The average Bonchev–Trinajstić information content (AvgIpc) is 3.06. The Morgan fingerprint density at radius 1 is 0.702 bits per heavy atom. The van der Waals surface area contributed by atoms with Crippen LogP contribution in [0.2, 0.25) is 0 Å². The SMILES string of the molecule is C=C[C@@H]1C2=CCOC(=O)C2=CO[C@H]1O[C@@H]1O[C@H](CO[C@@H]2O[C@H](CO[C@@H]3O[C@H](CO)[C@@H](O)[C@H](O)[C@H]3O)[C@@H](O)[C@H](O)[C@H]2O)[C@@H](O)[C@H](O)[C@H]1O. The molecule has 5 rings (SSSR count). The van der Waals surface area contributed by atoms with Gasteiger partial charge in [-0.15, -0.1) is 6.58 Å². The number of carbonyl (C=O) groups excluding carboxylic acids is 1. The van der Waals surface area contributed by atoms with Gasteiger partial charge >= 0.3 is 5.97 Å². The Bertz CT molecular complexity index is 1160. The predicted molar refractivity (Wildman–Crippen MR) is 146 cm³/mol. The molecule has 0 aliphatic carbocycles. The Balaban J connectivity index is 1.20. The molecule has 0 unspecified atom stereocenters. The first-order valence-corrected chi connectivity index (χ1v) is 14.8.